The van der Waals surface area contributed by atoms with Crippen LogP contribution >= 0.6 is 23.1 Å². The molecule has 0 bridgehead atoms. The lowest BCUT2D eigenvalue weighted by Gasteiger charge is -2.15. The fourth-order valence-corrected chi connectivity index (χ4v) is 3.22. The molecule has 1 aromatic heterocycles. The molecule has 1 atom stereocenters. The van der Waals surface area contributed by atoms with Gasteiger partial charge >= 0.3 is 0 Å². The van der Waals surface area contributed by atoms with Gasteiger partial charge in [-0.1, -0.05) is 23.9 Å². The Balaban J connectivity index is 2.18. The van der Waals surface area contributed by atoms with Crippen LogP contribution in [-0.4, -0.2) is 18.5 Å². The third-order valence-electron chi connectivity index (χ3n) is 2.33. The first-order valence-corrected chi connectivity index (χ1v) is 6.94. The largest absolute Gasteiger partial charge is 0.497 e. The summed E-state index contributed by atoms with van der Waals surface area (Å²) in [6.45, 7) is 0. The predicted molar refractivity (Wildman–Crippen MR) is 69.7 cm³/mol. The summed E-state index contributed by atoms with van der Waals surface area (Å²) in [5.41, 5.74) is 2.23. The van der Waals surface area contributed by atoms with E-state index in [-0.39, 0.29) is 0 Å². The van der Waals surface area contributed by atoms with E-state index < -0.39 is 11.7 Å². The maximum absolute atomic E-state index is 13.1. The first kappa shape index (κ1) is 13.3. The summed E-state index contributed by atoms with van der Waals surface area (Å²) in [4.78, 5) is 3.89. The van der Waals surface area contributed by atoms with Gasteiger partial charge in [0.15, 0.2) is 0 Å². The molecule has 0 saturated carbocycles. The van der Waals surface area contributed by atoms with Crippen molar-refractivity contribution >= 4 is 23.1 Å². The van der Waals surface area contributed by atoms with Crippen molar-refractivity contribution in [3.05, 3.63) is 41.5 Å². The summed E-state index contributed by atoms with van der Waals surface area (Å²) in [6, 6.07) is 6.73. The number of rotatable bonds is 5. The predicted octanol–water partition coefficient (Wildman–Crippen LogP) is 4.25. The first-order chi connectivity index (χ1) is 8.70. The summed E-state index contributed by atoms with van der Waals surface area (Å²) >= 11 is 2.50. The molecule has 1 unspecified atom stereocenters. The summed E-state index contributed by atoms with van der Waals surface area (Å²) in [6.07, 6.45) is -0.820. The number of halogens is 2. The molecular weight excluding hydrogens is 276 g/mol. The minimum atomic E-state index is -2.43. The molecular formula is C12H11F2NOS2. The Labute approximate surface area is 112 Å². The highest BCUT2D eigenvalue weighted by Crippen LogP contribution is 2.41. The highest BCUT2D eigenvalue weighted by molar-refractivity contribution is 8.01. The summed E-state index contributed by atoms with van der Waals surface area (Å²) in [5.74, 6) is 0.662. The van der Waals surface area contributed by atoms with Crippen LogP contribution in [0.2, 0.25) is 0 Å². The van der Waals surface area contributed by atoms with Crippen molar-refractivity contribution < 1.29 is 13.5 Å². The molecule has 2 nitrogen and oxygen atoms in total. The smallest absolute Gasteiger partial charge is 0.254 e. The Hall–Kier alpha value is -1.14. The van der Waals surface area contributed by atoms with Crippen molar-refractivity contribution in [2.45, 2.75) is 15.9 Å². The van der Waals surface area contributed by atoms with Gasteiger partial charge in [0.2, 0.25) is 0 Å². The van der Waals surface area contributed by atoms with Crippen LogP contribution in [0.4, 0.5) is 8.78 Å². The Morgan fingerprint density at radius 3 is 2.50 bits per heavy atom. The lowest BCUT2D eigenvalue weighted by atomic mass is 10.1. The number of aromatic nitrogens is 1. The molecule has 2 rings (SSSR count). The van der Waals surface area contributed by atoms with Crippen molar-refractivity contribution in [2.75, 3.05) is 7.11 Å². The van der Waals surface area contributed by atoms with Crippen molar-refractivity contribution in [3.63, 3.8) is 0 Å². The zero-order valence-electron chi connectivity index (χ0n) is 9.55. The van der Waals surface area contributed by atoms with Crippen molar-refractivity contribution in [3.8, 4) is 5.75 Å². The van der Waals surface area contributed by atoms with Gasteiger partial charge in [-0.3, -0.25) is 4.98 Å². The minimum absolute atomic E-state index is 0.587. The van der Waals surface area contributed by atoms with E-state index in [1.807, 2.05) is 0 Å². The number of alkyl halides is 2. The third-order valence-corrected chi connectivity index (χ3v) is 4.54. The van der Waals surface area contributed by atoms with E-state index in [1.165, 1.54) is 11.3 Å². The summed E-state index contributed by atoms with van der Waals surface area (Å²) < 4.78 is 32.0. The molecule has 0 aliphatic carbocycles. The Morgan fingerprint density at radius 1 is 1.28 bits per heavy atom. The fraction of sp³-hybridized carbons (Fsp3) is 0.250. The van der Waals surface area contributed by atoms with E-state index in [2.05, 4.69) is 4.98 Å². The van der Waals surface area contributed by atoms with Crippen molar-refractivity contribution in [1.29, 1.82) is 0 Å². The topological polar surface area (TPSA) is 22.1 Å². The number of thioether (sulfide) groups is 1. The Kier molecular flexibility index (Phi) is 4.54. The number of benzene rings is 1. The second-order valence-corrected chi connectivity index (χ2v) is 5.79. The van der Waals surface area contributed by atoms with Crippen LogP contribution in [0.25, 0.3) is 0 Å². The summed E-state index contributed by atoms with van der Waals surface area (Å²) in [7, 11) is 1.55. The molecule has 0 N–H and O–H groups in total. The van der Waals surface area contributed by atoms with Crippen LogP contribution in [0, 0.1) is 0 Å². The molecule has 0 saturated heterocycles. The van der Waals surface area contributed by atoms with E-state index in [0.717, 1.165) is 16.0 Å². The van der Waals surface area contributed by atoms with E-state index in [9.17, 15) is 8.78 Å². The molecule has 1 aromatic carbocycles. The number of hydrogen-bond acceptors (Lipinski definition) is 4. The molecule has 96 valence electrons. The zero-order valence-corrected chi connectivity index (χ0v) is 11.2. The molecule has 0 spiro atoms. The monoisotopic (exact) mass is 287 g/mol. The summed E-state index contributed by atoms with van der Waals surface area (Å²) in [5, 5.41) is -0.878. The maximum Gasteiger partial charge on any atom is 0.254 e. The highest BCUT2D eigenvalue weighted by atomic mass is 32.2. The zero-order chi connectivity index (χ0) is 13.0. The van der Waals surface area contributed by atoms with Gasteiger partial charge in [-0.15, -0.1) is 11.3 Å². The van der Waals surface area contributed by atoms with Crippen molar-refractivity contribution in [2.24, 2.45) is 0 Å². The first-order valence-electron chi connectivity index (χ1n) is 5.18. The van der Waals surface area contributed by atoms with Gasteiger partial charge < -0.3 is 4.74 Å². The van der Waals surface area contributed by atoms with Gasteiger partial charge in [0.1, 0.15) is 5.75 Å². The van der Waals surface area contributed by atoms with E-state index in [0.29, 0.717) is 11.3 Å². The second-order valence-electron chi connectivity index (χ2n) is 3.47. The standard InChI is InChI=1S/C12H11F2NOS2/c1-16-9-4-2-8(3-5-9)11(12(13)14)18-10-6-15-7-17-10/h2-7,11-12H,1H3. The van der Waals surface area contributed by atoms with Gasteiger partial charge in [0.25, 0.3) is 6.43 Å². The normalized spacial score (nSPS) is 12.7. The average Bonchev–Trinajstić information content (AvgIpc) is 2.89. The third kappa shape index (κ3) is 3.20. The number of methoxy groups -OCH3 is 1. The SMILES string of the molecule is COc1ccc(C(Sc2cncs2)C(F)F)cc1. The van der Waals surface area contributed by atoms with Gasteiger partial charge in [0, 0.05) is 0 Å². The maximum atomic E-state index is 13.1. The lowest BCUT2D eigenvalue weighted by molar-refractivity contribution is 0.145. The molecule has 0 aliphatic rings. The Morgan fingerprint density at radius 2 is 2.00 bits per heavy atom. The van der Waals surface area contributed by atoms with E-state index >= 15 is 0 Å². The molecule has 0 aliphatic heterocycles. The molecule has 2 aromatic rings. The van der Waals surface area contributed by atoms with E-state index in [1.54, 1.807) is 43.1 Å². The molecule has 0 fully saturated rings. The molecule has 0 amide bonds. The lowest BCUT2D eigenvalue weighted by Crippen LogP contribution is -2.04. The number of ether oxygens (including phenoxy) is 1. The van der Waals surface area contributed by atoms with Crippen LogP contribution in [0.15, 0.2) is 40.2 Å². The minimum Gasteiger partial charge on any atom is -0.497 e. The molecule has 0 radical (unpaired) electrons. The quantitative estimate of drug-likeness (QED) is 0.767. The molecule has 6 heteroatoms. The van der Waals surface area contributed by atoms with Gasteiger partial charge in [-0.05, 0) is 17.7 Å². The molecule has 18 heavy (non-hydrogen) atoms. The highest BCUT2D eigenvalue weighted by Gasteiger charge is 2.24. The van der Waals surface area contributed by atoms with Gasteiger partial charge in [0.05, 0.1) is 28.3 Å². The Bertz CT molecular complexity index is 473. The number of nitrogens with zero attached hydrogens (tertiary/aromatic N) is 1. The van der Waals surface area contributed by atoms with Crippen LogP contribution in [-0.2, 0) is 0 Å². The number of thiazole rings is 1. The van der Waals surface area contributed by atoms with Crippen molar-refractivity contribution in [1.82, 2.24) is 4.98 Å². The fourth-order valence-electron chi connectivity index (χ4n) is 1.45. The van der Waals surface area contributed by atoms with Gasteiger partial charge in [-0.25, -0.2) is 8.78 Å². The average molecular weight is 287 g/mol. The van der Waals surface area contributed by atoms with Crippen LogP contribution in [0.5, 0.6) is 5.75 Å². The molecule has 1 heterocycles. The van der Waals surface area contributed by atoms with E-state index in [4.69, 9.17) is 4.74 Å². The van der Waals surface area contributed by atoms with Gasteiger partial charge in [-0.2, -0.15) is 0 Å². The van der Waals surface area contributed by atoms with Crippen LogP contribution < -0.4 is 4.74 Å². The van der Waals surface area contributed by atoms with Crippen LogP contribution in [0.1, 0.15) is 10.8 Å². The van der Waals surface area contributed by atoms with Crippen LogP contribution in [0.3, 0.4) is 0 Å². The second kappa shape index (κ2) is 6.15. The number of hydrogen-bond donors (Lipinski definition) is 0.